The predicted molar refractivity (Wildman–Crippen MR) is 88.4 cm³/mol. The third-order valence-corrected chi connectivity index (χ3v) is 3.45. The van der Waals surface area contributed by atoms with Gasteiger partial charge in [-0.1, -0.05) is 6.07 Å². The van der Waals surface area contributed by atoms with Crippen LogP contribution in [0.4, 0.5) is 4.39 Å². The maximum absolute atomic E-state index is 13.4. The van der Waals surface area contributed by atoms with Gasteiger partial charge in [0.2, 0.25) is 5.43 Å². The average Bonchev–Trinajstić information content (AvgIpc) is 2.58. The van der Waals surface area contributed by atoms with Gasteiger partial charge in [-0.25, -0.2) is 9.82 Å². The average molecular weight is 324 g/mol. The van der Waals surface area contributed by atoms with Gasteiger partial charge in [0.25, 0.3) is 5.91 Å². The highest BCUT2D eigenvalue weighted by atomic mass is 19.1. The Morgan fingerprint density at radius 1 is 1.33 bits per heavy atom. The molecule has 0 unspecified atom stereocenters. The second kappa shape index (κ2) is 6.41. The molecule has 24 heavy (non-hydrogen) atoms. The fraction of sp³-hybridized carbons (Fsp3) is 0.0588. The largest absolute Gasteiger partial charge is 0.350 e. The summed E-state index contributed by atoms with van der Waals surface area (Å²) < 4.78 is 15.0. The van der Waals surface area contributed by atoms with Crippen LogP contribution in [0, 0.1) is 5.82 Å². The number of hydrazone groups is 1. The number of carbonyl (C=O) groups excluding carboxylic acids is 1. The molecule has 0 aliphatic heterocycles. The van der Waals surface area contributed by atoms with E-state index >= 15 is 0 Å². The van der Waals surface area contributed by atoms with Gasteiger partial charge in [0, 0.05) is 24.8 Å². The molecule has 0 bridgehead atoms. The van der Waals surface area contributed by atoms with Gasteiger partial charge in [0.05, 0.1) is 17.4 Å². The van der Waals surface area contributed by atoms with E-state index < -0.39 is 17.2 Å². The van der Waals surface area contributed by atoms with Crippen LogP contribution in [0.1, 0.15) is 16.1 Å². The summed E-state index contributed by atoms with van der Waals surface area (Å²) in [6.07, 6.45) is 4.36. The number of carbonyl (C=O) groups is 1. The molecule has 7 heteroatoms. The summed E-state index contributed by atoms with van der Waals surface area (Å²) >= 11 is 0. The number of pyridine rings is 2. The van der Waals surface area contributed by atoms with Crippen molar-refractivity contribution in [2.24, 2.45) is 12.1 Å². The Labute approximate surface area is 136 Å². The number of nitrogens with one attached hydrogen (secondary N) is 1. The molecule has 3 rings (SSSR count). The second-order valence-electron chi connectivity index (χ2n) is 5.10. The van der Waals surface area contributed by atoms with E-state index in [0.29, 0.717) is 11.2 Å². The molecule has 2 aromatic heterocycles. The van der Waals surface area contributed by atoms with Gasteiger partial charge in [-0.2, -0.15) is 5.10 Å². The molecule has 0 fully saturated rings. The fourth-order valence-corrected chi connectivity index (χ4v) is 2.30. The highest BCUT2D eigenvalue weighted by molar-refractivity contribution is 5.97. The Morgan fingerprint density at radius 3 is 2.92 bits per heavy atom. The molecule has 1 N–H and O–H groups in total. The van der Waals surface area contributed by atoms with Crippen molar-refractivity contribution >= 4 is 23.0 Å². The van der Waals surface area contributed by atoms with Crippen molar-refractivity contribution in [3.05, 3.63) is 76.1 Å². The standard InChI is InChI=1S/C17H13FN4O2/c1-22-10-14(16(23)13-8-11(18)5-6-15(13)22)17(24)21-20-9-12-4-2-3-7-19-12/h2-10H,1H3,(H,21,24)/b20-9-. The Bertz CT molecular complexity index is 997. The Kier molecular flexibility index (Phi) is 4.15. The molecular weight excluding hydrogens is 311 g/mol. The number of halogens is 1. The van der Waals surface area contributed by atoms with E-state index in [1.165, 1.54) is 24.5 Å². The fourth-order valence-electron chi connectivity index (χ4n) is 2.30. The molecule has 1 amide bonds. The number of hydrogen-bond acceptors (Lipinski definition) is 4. The summed E-state index contributed by atoms with van der Waals surface area (Å²) in [7, 11) is 1.67. The van der Waals surface area contributed by atoms with E-state index in [1.54, 1.807) is 36.0 Å². The summed E-state index contributed by atoms with van der Waals surface area (Å²) in [4.78, 5) is 28.6. The third kappa shape index (κ3) is 3.05. The number of hydrogen-bond donors (Lipinski definition) is 1. The van der Waals surface area contributed by atoms with Crippen LogP contribution < -0.4 is 10.9 Å². The van der Waals surface area contributed by atoms with Gasteiger partial charge in [0.15, 0.2) is 0 Å². The first kappa shape index (κ1) is 15.5. The maximum atomic E-state index is 13.4. The molecule has 120 valence electrons. The Morgan fingerprint density at radius 2 is 2.17 bits per heavy atom. The Balaban J connectivity index is 1.91. The summed E-state index contributed by atoms with van der Waals surface area (Å²) in [5.41, 5.74) is 2.71. The molecule has 0 aliphatic carbocycles. The molecule has 0 atom stereocenters. The van der Waals surface area contributed by atoms with Crippen LogP contribution in [0.15, 0.2) is 58.7 Å². The normalized spacial score (nSPS) is 11.1. The van der Waals surface area contributed by atoms with Gasteiger partial charge < -0.3 is 4.57 Å². The predicted octanol–water partition coefficient (Wildman–Crippen LogP) is 1.84. The topological polar surface area (TPSA) is 76.3 Å². The molecule has 6 nitrogen and oxygen atoms in total. The third-order valence-electron chi connectivity index (χ3n) is 3.45. The molecule has 0 saturated carbocycles. The van der Waals surface area contributed by atoms with Crippen LogP contribution in [0.3, 0.4) is 0 Å². The summed E-state index contributed by atoms with van der Waals surface area (Å²) in [6.45, 7) is 0. The van der Waals surface area contributed by atoms with Gasteiger partial charge in [-0.15, -0.1) is 0 Å². The first-order valence-corrected chi connectivity index (χ1v) is 7.09. The van der Waals surface area contributed by atoms with E-state index in [9.17, 15) is 14.0 Å². The van der Waals surface area contributed by atoms with Crippen molar-refractivity contribution in [3.8, 4) is 0 Å². The Hall–Kier alpha value is -3.35. The van der Waals surface area contributed by atoms with Crippen LogP contribution in [0.5, 0.6) is 0 Å². The number of nitrogens with zero attached hydrogens (tertiary/aromatic N) is 3. The first-order valence-electron chi connectivity index (χ1n) is 7.09. The lowest BCUT2D eigenvalue weighted by atomic mass is 10.1. The lowest BCUT2D eigenvalue weighted by Gasteiger charge is -2.08. The van der Waals surface area contributed by atoms with Crippen LogP contribution in [-0.2, 0) is 7.05 Å². The molecule has 0 spiro atoms. The summed E-state index contributed by atoms with van der Waals surface area (Å²) in [6, 6.07) is 9.13. The molecule has 1 aromatic carbocycles. The number of rotatable bonds is 3. The van der Waals surface area contributed by atoms with E-state index in [0.717, 1.165) is 6.07 Å². The number of amides is 1. The number of benzene rings is 1. The number of aromatic nitrogens is 2. The zero-order chi connectivity index (χ0) is 17.1. The van der Waals surface area contributed by atoms with Crippen LogP contribution >= 0.6 is 0 Å². The van der Waals surface area contributed by atoms with E-state index in [-0.39, 0.29) is 10.9 Å². The van der Waals surface area contributed by atoms with Crippen molar-refractivity contribution in [1.29, 1.82) is 0 Å². The lowest BCUT2D eigenvalue weighted by Crippen LogP contribution is -2.26. The molecule has 0 aliphatic rings. The van der Waals surface area contributed by atoms with Gasteiger partial charge in [0.1, 0.15) is 11.4 Å². The van der Waals surface area contributed by atoms with Crippen molar-refractivity contribution in [1.82, 2.24) is 15.0 Å². The van der Waals surface area contributed by atoms with Gasteiger partial charge in [-0.3, -0.25) is 14.6 Å². The van der Waals surface area contributed by atoms with Gasteiger partial charge >= 0.3 is 0 Å². The smallest absolute Gasteiger partial charge is 0.276 e. The van der Waals surface area contributed by atoms with Crippen molar-refractivity contribution in [2.45, 2.75) is 0 Å². The zero-order valence-corrected chi connectivity index (χ0v) is 12.7. The van der Waals surface area contributed by atoms with Crippen molar-refractivity contribution < 1.29 is 9.18 Å². The maximum Gasteiger partial charge on any atom is 0.276 e. The minimum atomic E-state index is -0.672. The summed E-state index contributed by atoms with van der Waals surface area (Å²) in [5, 5.41) is 3.91. The quantitative estimate of drug-likeness (QED) is 0.590. The number of aryl methyl sites for hydroxylation is 1. The van der Waals surface area contributed by atoms with Gasteiger partial charge in [-0.05, 0) is 30.3 Å². The first-order chi connectivity index (χ1) is 11.6. The zero-order valence-electron chi connectivity index (χ0n) is 12.7. The number of fused-ring (bicyclic) bond motifs is 1. The molecule has 2 heterocycles. The minimum Gasteiger partial charge on any atom is -0.350 e. The minimum absolute atomic E-state index is 0.117. The molecule has 3 aromatic rings. The van der Waals surface area contributed by atoms with Crippen molar-refractivity contribution in [3.63, 3.8) is 0 Å². The van der Waals surface area contributed by atoms with E-state index in [4.69, 9.17) is 0 Å². The highest BCUT2D eigenvalue weighted by Crippen LogP contribution is 2.12. The second-order valence-corrected chi connectivity index (χ2v) is 5.10. The van der Waals surface area contributed by atoms with Crippen LogP contribution in [-0.4, -0.2) is 21.7 Å². The monoisotopic (exact) mass is 324 g/mol. The van der Waals surface area contributed by atoms with Crippen molar-refractivity contribution in [2.75, 3.05) is 0 Å². The highest BCUT2D eigenvalue weighted by Gasteiger charge is 2.14. The van der Waals surface area contributed by atoms with Crippen LogP contribution in [0.2, 0.25) is 0 Å². The molecular formula is C17H13FN4O2. The summed E-state index contributed by atoms with van der Waals surface area (Å²) in [5.74, 6) is -1.21. The molecule has 0 saturated heterocycles. The van der Waals surface area contributed by atoms with Crippen LogP contribution in [0.25, 0.3) is 10.9 Å². The lowest BCUT2D eigenvalue weighted by molar-refractivity contribution is 0.0953. The van der Waals surface area contributed by atoms with E-state index in [2.05, 4.69) is 15.5 Å². The van der Waals surface area contributed by atoms with E-state index in [1.807, 2.05) is 0 Å². The SMILES string of the molecule is Cn1cc(C(=O)N/N=C\c2ccccn2)c(=O)c2cc(F)ccc21. The molecule has 0 radical (unpaired) electrons.